The Kier molecular flexibility index (Phi) is 4.92. The smallest absolute Gasteiger partial charge is 0.253 e. The summed E-state index contributed by atoms with van der Waals surface area (Å²) < 4.78 is 25.8. The number of anilines is 1. The zero-order chi connectivity index (χ0) is 21.3. The van der Waals surface area contributed by atoms with Crippen LogP contribution in [0.1, 0.15) is 15.9 Å². The molecule has 2 heterocycles. The number of nitrogens with one attached hydrogen (secondary N) is 1. The third-order valence-corrected chi connectivity index (χ3v) is 5.61. The standard InChI is InChI=1S/C20H18N6O3S/c1-30(28,29)17-12-23-20(25-19(17)22-10-13-6-3-2-4-7-13)26-16-9-5-8-14(18(21)27)15(16)11-24-26/h2-9,11-12H,10H2,1H3,(H2,21,27)(H,22,23,25). The predicted octanol–water partition coefficient (Wildman–Crippen LogP) is 1.93. The summed E-state index contributed by atoms with van der Waals surface area (Å²) in [5.41, 5.74) is 7.30. The van der Waals surface area contributed by atoms with E-state index in [1.165, 1.54) is 17.1 Å². The number of nitrogens with zero attached hydrogens (tertiary/aromatic N) is 4. The van der Waals surface area contributed by atoms with Crippen molar-refractivity contribution >= 4 is 32.5 Å². The summed E-state index contributed by atoms with van der Waals surface area (Å²) in [6.07, 6.45) is 3.85. The first kappa shape index (κ1) is 19.5. The first-order chi connectivity index (χ1) is 14.3. The highest BCUT2D eigenvalue weighted by atomic mass is 32.2. The Balaban J connectivity index is 1.79. The van der Waals surface area contributed by atoms with Gasteiger partial charge in [0.1, 0.15) is 4.90 Å². The van der Waals surface area contributed by atoms with E-state index in [4.69, 9.17) is 5.73 Å². The minimum Gasteiger partial charge on any atom is -0.366 e. The van der Waals surface area contributed by atoms with Crippen LogP contribution in [-0.4, -0.2) is 40.3 Å². The SMILES string of the molecule is CS(=O)(=O)c1cnc(-n2ncc3c(C(N)=O)cccc32)nc1NCc1ccccc1. The van der Waals surface area contributed by atoms with Gasteiger partial charge in [-0.3, -0.25) is 4.79 Å². The molecule has 1 amide bonds. The van der Waals surface area contributed by atoms with E-state index in [1.54, 1.807) is 18.2 Å². The maximum atomic E-state index is 12.2. The molecule has 0 saturated carbocycles. The quantitative estimate of drug-likeness (QED) is 0.485. The number of rotatable bonds is 6. The van der Waals surface area contributed by atoms with Gasteiger partial charge in [0.15, 0.2) is 15.7 Å². The highest BCUT2D eigenvalue weighted by molar-refractivity contribution is 7.90. The van der Waals surface area contributed by atoms with Gasteiger partial charge < -0.3 is 11.1 Å². The van der Waals surface area contributed by atoms with Crippen molar-refractivity contribution in [2.75, 3.05) is 11.6 Å². The van der Waals surface area contributed by atoms with Crippen LogP contribution >= 0.6 is 0 Å². The maximum Gasteiger partial charge on any atom is 0.253 e. The van der Waals surface area contributed by atoms with Crippen LogP contribution < -0.4 is 11.1 Å². The molecule has 0 aliphatic rings. The van der Waals surface area contributed by atoms with Crippen molar-refractivity contribution in [3.63, 3.8) is 0 Å². The Morgan fingerprint density at radius 1 is 1.10 bits per heavy atom. The topological polar surface area (TPSA) is 133 Å². The number of hydrogen-bond donors (Lipinski definition) is 2. The molecule has 152 valence electrons. The van der Waals surface area contributed by atoms with E-state index >= 15 is 0 Å². The van der Waals surface area contributed by atoms with Gasteiger partial charge in [0.25, 0.3) is 5.95 Å². The van der Waals surface area contributed by atoms with Crippen molar-refractivity contribution in [3.8, 4) is 5.95 Å². The van der Waals surface area contributed by atoms with Gasteiger partial charge in [0.05, 0.1) is 23.5 Å². The molecule has 0 unspecified atom stereocenters. The molecular formula is C20H18N6O3S. The van der Waals surface area contributed by atoms with Crippen LogP contribution in [0.25, 0.3) is 16.9 Å². The van der Waals surface area contributed by atoms with E-state index < -0.39 is 15.7 Å². The molecule has 0 bridgehead atoms. The Bertz CT molecular complexity index is 1350. The zero-order valence-corrected chi connectivity index (χ0v) is 16.8. The maximum absolute atomic E-state index is 12.2. The highest BCUT2D eigenvalue weighted by Gasteiger charge is 2.19. The van der Waals surface area contributed by atoms with E-state index in [0.29, 0.717) is 23.0 Å². The summed E-state index contributed by atoms with van der Waals surface area (Å²) in [7, 11) is -3.56. The largest absolute Gasteiger partial charge is 0.366 e. The number of nitrogens with two attached hydrogens (primary N) is 1. The monoisotopic (exact) mass is 422 g/mol. The molecule has 9 nitrogen and oxygen atoms in total. The average molecular weight is 422 g/mol. The molecule has 2 aromatic carbocycles. The van der Waals surface area contributed by atoms with Gasteiger partial charge >= 0.3 is 0 Å². The fraction of sp³-hybridized carbons (Fsp3) is 0.100. The van der Waals surface area contributed by atoms with E-state index in [-0.39, 0.29) is 16.7 Å². The third-order valence-electron chi connectivity index (χ3n) is 4.51. The van der Waals surface area contributed by atoms with Gasteiger partial charge in [-0.1, -0.05) is 36.4 Å². The van der Waals surface area contributed by atoms with Gasteiger partial charge in [-0.25, -0.2) is 13.4 Å². The van der Waals surface area contributed by atoms with Gasteiger partial charge in [0, 0.05) is 18.2 Å². The molecule has 0 saturated heterocycles. The predicted molar refractivity (Wildman–Crippen MR) is 112 cm³/mol. The van der Waals surface area contributed by atoms with E-state index in [2.05, 4.69) is 20.4 Å². The van der Waals surface area contributed by atoms with E-state index in [1.807, 2.05) is 30.3 Å². The summed E-state index contributed by atoms with van der Waals surface area (Å²) in [6, 6.07) is 14.6. The van der Waals surface area contributed by atoms with Crippen molar-refractivity contribution in [2.24, 2.45) is 5.73 Å². The molecule has 0 aliphatic carbocycles. The first-order valence-electron chi connectivity index (χ1n) is 8.96. The molecule has 2 aromatic heterocycles. The second kappa shape index (κ2) is 7.56. The van der Waals surface area contributed by atoms with Crippen LogP contribution in [0, 0.1) is 0 Å². The summed E-state index contributed by atoms with van der Waals surface area (Å²) >= 11 is 0. The number of amides is 1. The van der Waals surface area contributed by atoms with Crippen LogP contribution in [0.15, 0.2) is 65.8 Å². The van der Waals surface area contributed by atoms with Crippen LogP contribution in [0.5, 0.6) is 0 Å². The molecule has 4 rings (SSSR count). The van der Waals surface area contributed by atoms with Gasteiger partial charge in [-0.05, 0) is 17.7 Å². The lowest BCUT2D eigenvalue weighted by Crippen LogP contribution is -2.13. The zero-order valence-electron chi connectivity index (χ0n) is 16.0. The molecule has 10 heteroatoms. The van der Waals surface area contributed by atoms with E-state index in [0.717, 1.165) is 11.8 Å². The van der Waals surface area contributed by atoms with Crippen molar-refractivity contribution < 1.29 is 13.2 Å². The molecule has 0 aliphatic heterocycles. The molecule has 30 heavy (non-hydrogen) atoms. The van der Waals surface area contributed by atoms with Crippen molar-refractivity contribution in [2.45, 2.75) is 11.4 Å². The summed E-state index contributed by atoms with van der Waals surface area (Å²) in [5, 5.41) is 7.89. The minimum absolute atomic E-state index is 0.0172. The minimum atomic E-state index is -3.56. The number of sulfone groups is 1. The Hall–Kier alpha value is -3.79. The Morgan fingerprint density at radius 3 is 2.57 bits per heavy atom. The van der Waals surface area contributed by atoms with Gasteiger partial charge in [-0.15, -0.1) is 0 Å². The van der Waals surface area contributed by atoms with Gasteiger partial charge in [0.2, 0.25) is 5.91 Å². The molecule has 4 aromatic rings. The van der Waals surface area contributed by atoms with Crippen molar-refractivity contribution in [1.29, 1.82) is 0 Å². The molecule has 3 N–H and O–H groups in total. The summed E-state index contributed by atoms with van der Waals surface area (Å²) in [4.78, 5) is 20.2. The van der Waals surface area contributed by atoms with Gasteiger partial charge in [-0.2, -0.15) is 14.8 Å². The Morgan fingerprint density at radius 2 is 1.87 bits per heavy atom. The summed E-state index contributed by atoms with van der Waals surface area (Å²) in [5.74, 6) is -0.241. The molecule has 0 radical (unpaired) electrons. The normalized spacial score (nSPS) is 11.5. The number of benzene rings is 2. The molecule has 0 atom stereocenters. The average Bonchev–Trinajstić information content (AvgIpc) is 3.16. The molecular weight excluding hydrogens is 404 g/mol. The van der Waals surface area contributed by atoms with Crippen LogP contribution in [-0.2, 0) is 16.4 Å². The lowest BCUT2D eigenvalue weighted by molar-refractivity contribution is 0.100. The fourth-order valence-electron chi connectivity index (χ4n) is 3.07. The second-order valence-corrected chi connectivity index (χ2v) is 8.64. The summed E-state index contributed by atoms with van der Waals surface area (Å²) in [6.45, 7) is 0.380. The molecule has 0 fully saturated rings. The second-order valence-electron chi connectivity index (χ2n) is 6.65. The number of carbonyl (C=O) groups excluding carboxylic acids is 1. The highest BCUT2D eigenvalue weighted by Crippen LogP contribution is 2.23. The molecule has 0 spiro atoms. The van der Waals surface area contributed by atoms with Crippen LogP contribution in [0.2, 0.25) is 0 Å². The fourth-order valence-corrected chi connectivity index (χ4v) is 3.78. The number of primary amides is 1. The Labute approximate surface area is 172 Å². The van der Waals surface area contributed by atoms with Crippen molar-refractivity contribution in [1.82, 2.24) is 19.7 Å². The number of hydrogen-bond acceptors (Lipinski definition) is 7. The number of aromatic nitrogens is 4. The third kappa shape index (κ3) is 3.72. The number of carbonyl (C=O) groups is 1. The lowest BCUT2D eigenvalue weighted by atomic mass is 10.1. The first-order valence-corrected chi connectivity index (χ1v) is 10.9. The van der Waals surface area contributed by atoms with Crippen LogP contribution in [0.4, 0.5) is 5.82 Å². The lowest BCUT2D eigenvalue weighted by Gasteiger charge is -2.11. The van der Waals surface area contributed by atoms with Crippen LogP contribution in [0.3, 0.4) is 0 Å². The van der Waals surface area contributed by atoms with E-state index in [9.17, 15) is 13.2 Å². The van der Waals surface area contributed by atoms with Crippen molar-refractivity contribution in [3.05, 3.63) is 72.1 Å². The number of fused-ring (bicyclic) bond motifs is 1.